The van der Waals surface area contributed by atoms with Gasteiger partial charge in [-0.2, -0.15) is 5.26 Å². The number of furan rings is 2. The van der Waals surface area contributed by atoms with Gasteiger partial charge in [-0.05, 0) is 54.1 Å². The highest BCUT2D eigenvalue weighted by Crippen LogP contribution is 2.44. The van der Waals surface area contributed by atoms with Gasteiger partial charge in [0.05, 0.1) is 28.1 Å². The van der Waals surface area contributed by atoms with Crippen LogP contribution in [0.5, 0.6) is 0 Å². The lowest BCUT2D eigenvalue weighted by Crippen LogP contribution is -1.97. The summed E-state index contributed by atoms with van der Waals surface area (Å²) in [5.41, 5.74) is 9.68. The Balaban J connectivity index is 1.28. The molecular weight excluding hydrogens is 530 g/mol. The molecule has 0 radical (unpaired) electrons. The molecule has 0 unspecified atom stereocenters. The number of fused-ring (bicyclic) bond motifs is 8. The fraction of sp³-hybridized carbons (Fsp3) is 0. The third-order valence-corrected chi connectivity index (χ3v) is 8.24. The number of nitriles is 1. The molecule has 0 fully saturated rings. The van der Waals surface area contributed by atoms with Crippen LogP contribution in [0, 0.1) is 11.3 Å². The molecule has 0 aliphatic rings. The number of para-hydroxylation sites is 2. The van der Waals surface area contributed by atoms with Crippen molar-refractivity contribution < 1.29 is 8.83 Å². The van der Waals surface area contributed by atoms with Crippen molar-refractivity contribution in [1.29, 1.82) is 5.26 Å². The van der Waals surface area contributed by atoms with E-state index >= 15 is 0 Å². The van der Waals surface area contributed by atoms with E-state index in [0.29, 0.717) is 5.56 Å². The standard InChI is InChI=1S/C38H21N3O2/c39-22-23-14-19-32-31(20-23)40-38(25-8-2-1-3-9-25)41(32)26-17-15-24(16-18-26)29-21-30-27-10-4-6-12-33(27)42-37(30)35-28-11-5-7-13-34(28)43-36(29)35/h1-21H. The van der Waals surface area contributed by atoms with Gasteiger partial charge in [0.25, 0.3) is 0 Å². The molecule has 9 aromatic rings. The SMILES string of the molecule is N#Cc1ccc2c(c1)nc(-c1ccccc1)n2-c1ccc(-c2cc3c4ccccc4oc3c3c2oc2ccccc23)cc1. The largest absolute Gasteiger partial charge is 0.455 e. The van der Waals surface area contributed by atoms with E-state index in [1.165, 1.54) is 0 Å². The molecule has 0 saturated carbocycles. The lowest BCUT2D eigenvalue weighted by atomic mass is 9.98. The molecule has 0 spiro atoms. The fourth-order valence-electron chi connectivity index (χ4n) is 6.26. The number of benzene rings is 6. The Hall–Kier alpha value is -6.12. The molecule has 43 heavy (non-hydrogen) atoms. The zero-order valence-corrected chi connectivity index (χ0v) is 22.8. The van der Waals surface area contributed by atoms with Crippen LogP contribution in [0.25, 0.3) is 83.1 Å². The van der Waals surface area contributed by atoms with E-state index in [0.717, 1.165) is 83.1 Å². The maximum atomic E-state index is 9.48. The molecule has 200 valence electrons. The summed E-state index contributed by atoms with van der Waals surface area (Å²) < 4.78 is 15.1. The monoisotopic (exact) mass is 551 g/mol. The Bertz CT molecular complexity index is 2560. The van der Waals surface area contributed by atoms with Crippen LogP contribution in [-0.2, 0) is 0 Å². The maximum absolute atomic E-state index is 9.48. The normalized spacial score (nSPS) is 11.7. The Morgan fingerprint density at radius 3 is 2.09 bits per heavy atom. The van der Waals surface area contributed by atoms with Crippen molar-refractivity contribution in [1.82, 2.24) is 9.55 Å². The summed E-state index contributed by atoms with van der Waals surface area (Å²) in [6.07, 6.45) is 0. The summed E-state index contributed by atoms with van der Waals surface area (Å²) in [6.45, 7) is 0. The van der Waals surface area contributed by atoms with E-state index in [1.54, 1.807) is 0 Å². The van der Waals surface area contributed by atoms with Gasteiger partial charge in [0.2, 0.25) is 0 Å². The quantitative estimate of drug-likeness (QED) is 0.219. The number of hydrogen-bond donors (Lipinski definition) is 0. The molecule has 9 rings (SSSR count). The Morgan fingerprint density at radius 2 is 1.30 bits per heavy atom. The van der Waals surface area contributed by atoms with Gasteiger partial charge in [0.15, 0.2) is 0 Å². The molecule has 0 saturated heterocycles. The molecule has 0 atom stereocenters. The first kappa shape index (κ1) is 23.6. The summed E-state index contributed by atoms with van der Waals surface area (Å²) in [5, 5.41) is 13.6. The van der Waals surface area contributed by atoms with E-state index in [-0.39, 0.29) is 0 Å². The minimum absolute atomic E-state index is 0.587. The highest BCUT2D eigenvalue weighted by Gasteiger charge is 2.21. The smallest absolute Gasteiger partial charge is 0.147 e. The minimum Gasteiger partial charge on any atom is -0.455 e. The van der Waals surface area contributed by atoms with E-state index < -0.39 is 0 Å². The van der Waals surface area contributed by atoms with Crippen LogP contribution >= 0.6 is 0 Å². The van der Waals surface area contributed by atoms with Crippen LogP contribution in [-0.4, -0.2) is 9.55 Å². The number of rotatable bonds is 3. The molecule has 0 N–H and O–H groups in total. The number of imidazole rings is 1. The summed E-state index contributed by atoms with van der Waals surface area (Å²) in [5.74, 6) is 0.824. The van der Waals surface area contributed by atoms with Crippen molar-refractivity contribution in [2.45, 2.75) is 0 Å². The van der Waals surface area contributed by atoms with E-state index in [1.807, 2.05) is 72.8 Å². The second kappa shape index (κ2) is 8.94. The van der Waals surface area contributed by atoms with Gasteiger partial charge in [0, 0.05) is 33.0 Å². The Kier molecular flexibility index (Phi) is 4.90. The van der Waals surface area contributed by atoms with Crippen molar-refractivity contribution >= 4 is 54.9 Å². The van der Waals surface area contributed by atoms with Gasteiger partial charge in [0.1, 0.15) is 28.2 Å². The molecule has 5 heteroatoms. The second-order valence-electron chi connectivity index (χ2n) is 10.7. The summed E-state index contributed by atoms with van der Waals surface area (Å²) in [4.78, 5) is 4.96. The van der Waals surface area contributed by atoms with Crippen LogP contribution in [0.2, 0.25) is 0 Å². The van der Waals surface area contributed by atoms with Crippen molar-refractivity contribution in [3.05, 3.63) is 133 Å². The predicted octanol–water partition coefficient (Wildman–Crippen LogP) is 10.0. The maximum Gasteiger partial charge on any atom is 0.147 e. The topological polar surface area (TPSA) is 67.9 Å². The van der Waals surface area contributed by atoms with Gasteiger partial charge < -0.3 is 8.83 Å². The average molecular weight is 552 g/mol. The van der Waals surface area contributed by atoms with E-state index in [4.69, 9.17) is 13.8 Å². The van der Waals surface area contributed by atoms with Crippen LogP contribution in [0.4, 0.5) is 0 Å². The molecule has 0 aliphatic carbocycles. The molecule has 3 heterocycles. The fourth-order valence-corrected chi connectivity index (χ4v) is 6.26. The van der Waals surface area contributed by atoms with Crippen LogP contribution in [0.15, 0.2) is 136 Å². The summed E-state index contributed by atoms with van der Waals surface area (Å²) >= 11 is 0. The van der Waals surface area contributed by atoms with Gasteiger partial charge >= 0.3 is 0 Å². The molecule has 5 nitrogen and oxygen atoms in total. The van der Waals surface area contributed by atoms with Crippen LogP contribution < -0.4 is 0 Å². The van der Waals surface area contributed by atoms with Gasteiger partial charge in [-0.25, -0.2) is 4.98 Å². The minimum atomic E-state index is 0.587. The lowest BCUT2D eigenvalue weighted by Gasteiger charge is -2.11. The third-order valence-electron chi connectivity index (χ3n) is 8.24. The van der Waals surface area contributed by atoms with Crippen molar-refractivity contribution in [2.24, 2.45) is 0 Å². The summed E-state index contributed by atoms with van der Waals surface area (Å²) in [7, 11) is 0. The molecular formula is C38H21N3O2. The zero-order valence-electron chi connectivity index (χ0n) is 22.8. The Morgan fingerprint density at radius 1 is 0.605 bits per heavy atom. The first-order valence-electron chi connectivity index (χ1n) is 14.1. The van der Waals surface area contributed by atoms with Gasteiger partial charge in [-0.3, -0.25) is 4.57 Å². The third kappa shape index (κ3) is 3.47. The average Bonchev–Trinajstić information content (AvgIpc) is 3.76. The molecule has 0 amide bonds. The second-order valence-corrected chi connectivity index (χ2v) is 10.7. The first-order valence-corrected chi connectivity index (χ1v) is 14.1. The molecule has 6 aromatic carbocycles. The van der Waals surface area contributed by atoms with E-state index in [2.05, 4.69) is 65.2 Å². The Labute approximate surface area is 245 Å². The number of hydrogen-bond acceptors (Lipinski definition) is 4. The van der Waals surface area contributed by atoms with Crippen LogP contribution in [0.1, 0.15) is 5.56 Å². The zero-order chi connectivity index (χ0) is 28.5. The highest BCUT2D eigenvalue weighted by molar-refractivity contribution is 6.25. The van der Waals surface area contributed by atoms with Crippen molar-refractivity contribution in [2.75, 3.05) is 0 Å². The predicted molar refractivity (Wildman–Crippen MR) is 171 cm³/mol. The van der Waals surface area contributed by atoms with Crippen LogP contribution in [0.3, 0.4) is 0 Å². The van der Waals surface area contributed by atoms with Crippen molar-refractivity contribution in [3.63, 3.8) is 0 Å². The van der Waals surface area contributed by atoms with Crippen molar-refractivity contribution in [3.8, 4) is 34.3 Å². The molecule has 0 aliphatic heterocycles. The number of nitrogens with zero attached hydrogens (tertiary/aromatic N) is 3. The first-order chi connectivity index (χ1) is 21.3. The summed E-state index contributed by atoms with van der Waals surface area (Å²) in [6, 6.07) is 45.0. The molecule has 3 aromatic heterocycles. The van der Waals surface area contributed by atoms with Gasteiger partial charge in [-0.15, -0.1) is 0 Å². The molecule has 0 bridgehead atoms. The van der Waals surface area contributed by atoms with E-state index in [9.17, 15) is 5.26 Å². The number of aromatic nitrogens is 2. The lowest BCUT2D eigenvalue weighted by molar-refractivity contribution is 0.663. The highest BCUT2D eigenvalue weighted by atomic mass is 16.3. The van der Waals surface area contributed by atoms with Gasteiger partial charge in [-0.1, -0.05) is 78.9 Å².